The van der Waals surface area contributed by atoms with Gasteiger partial charge in [-0.2, -0.15) is 4.31 Å². The van der Waals surface area contributed by atoms with E-state index >= 15 is 0 Å². The molecule has 0 spiro atoms. The third kappa shape index (κ3) is 3.39. The van der Waals surface area contributed by atoms with Crippen molar-refractivity contribution in [3.8, 4) is 0 Å². The molecular weight excluding hydrogens is 349 g/mol. The van der Waals surface area contributed by atoms with Gasteiger partial charge in [-0.15, -0.1) is 0 Å². The van der Waals surface area contributed by atoms with E-state index in [1.165, 1.54) is 22.5 Å². The molecule has 0 radical (unpaired) electrons. The first-order chi connectivity index (χ1) is 9.24. The van der Waals surface area contributed by atoms with Gasteiger partial charge in [0.05, 0.1) is 16.6 Å². The Balaban J connectivity index is 2.33. The quantitative estimate of drug-likeness (QED) is 0.772. The van der Waals surface area contributed by atoms with Crippen molar-refractivity contribution in [2.24, 2.45) is 0 Å². The van der Waals surface area contributed by atoms with E-state index in [0.29, 0.717) is 5.33 Å². The zero-order chi connectivity index (χ0) is 15.0. The average Bonchev–Trinajstić information content (AvgIpc) is 2.36. The van der Waals surface area contributed by atoms with E-state index < -0.39 is 21.4 Å². The van der Waals surface area contributed by atoms with Crippen LogP contribution < -0.4 is 0 Å². The highest BCUT2D eigenvalue weighted by atomic mass is 79.9. The number of sulfonamides is 1. The Morgan fingerprint density at radius 3 is 2.80 bits per heavy atom. The Kier molecular flexibility index (Phi) is 4.53. The van der Waals surface area contributed by atoms with Crippen LogP contribution in [0, 0.1) is 5.82 Å². The lowest BCUT2D eigenvalue weighted by atomic mass is 10.1. The number of hydrogen-bond donors (Lipinski definition) is 0. The van der Waals surface area contributed by atoms with E-state index in [1.807, 2.05) is 13.8 Å². The van der Waals surface area contributed by atoms with Crippen LogP contribution in [0.3, 0.4) is 0 Å². The predicted molar refractivity (Wildman–Crippen MR) is 77.9 cm³/mol. The summed E-state index contributed by atoms with van der Waals surface area (Å²) in [6.45, 7) is 4.19. The summed E-state index contributed by atoms with van der Waals surface area (Å²) in [6, 6.07) is 5.07. The Hall–Kier alpha value is -0.500. The number of hydrogen-bond acceptors (Lipinski definition) is 3. The van der Waals surface area contributed by atoms with Crippen molar-refractivity contribution in [2.45, 2.75) is 30.4 Å². The summed E-state index contributed by atoms with van der Waals surface area (Å²) in [5.41, 5.74) is -0.572. The van der Waals surface area contributed by atoms with Crippen molar-refractivity contribution in [1.82, 2.24) is 4.31 Å². The predicted octanol–water partition coefficient (Wildman–Crippen LogP) is 2.39. The second kappa shape index (κ2) is 5.71. The van der Waals surface area contributed by atoms with Crippen LogP contribution in [0.1, 0.15) is 13.8 Å². The topological polar surface area (TPSA) is 46.6 Å². The summed E-state index contributed by atoms with van der Waals surface area (Å²) < 4.78 is 45.5. The van der Waals surface area contributed by atoms with Gasteiger partial charge in [0, 0.05) is 18.4 Å². The van der Waals surface area contributed by atoms with Crippen molar-refractivity contribution in [3.63, 3.8) is 0 Å². The van der Waals surface area contributed by atoms with Gasteiger partial charge in [0.25, 0.3) is 0 Å². The van der Waals surface area contributed by atoms with Crippen molar-refractivity contribution in [3.05, 3.63) is 30.1 Å². The molecule has 0 aromatic heterocycles. The minimum absolute atomic E-state index is 0.0245. The summed E-state index contributed by atoms with van der Waals surface area (Å²) in [5.74, 6) is -0.560. The van der Waals surface area contributed by atoms with Crippen molar-refractivity contribution >= 4 is 26.0 Å². The zero-order valence-corrected chi connectivity index (χ0v) is 13.7. The molecule has 0 aliphatic carbocycles. The lowest BCUT2D eigenvalue weighted by Crippen LogP contribution is -2.54. The Bertz CT molecular complexity index is 591. The lowest BCUT2D eigenvalue weighted by molar-refractivity contribution is -0.106. The molecule has 1 saturated heterocycles. The van der Waals surface area contributed by atoms with Crippen LogP contribution in [0.4, 0.5) is 4.39 Å². The molecule has 0 amide bonds. The molecule has 1 fully saturated rings. The number of rotatable bonds is 3. The van der Waals surface area contributed by atoms with Gasteiger partial charge in [-0.3, -0.25) is 0 Å². The summed E-state index contributed by atoms with van der Waals surface area (Å²) in [4.78, 5) is -0.0245. The van der Waals surface area contributed by atoms with E-state index in [4.69, 9.17) is 4.74 Å². The number of benzene rings is 1. The number of alkyl halides is 1. The molecule has 1 heterocycles. The van der Waals surface area contributed by atoms with Gasteiger partial charge in [0.2, 0.25) is 10.0 Å². The van der Waals surface area contributed by atoms with Crippen LogP contribution in [-0.4, -0.2) is 42.8 Å². The van der Waals surface area contributed by atoms with Gasteiger partial charge >= 0.3 is 0 Å². The molecule has 1 aromatic carbocycles. The maximum atomic E-state index is 13.2. The van der Waals surface area contributed by atoms with E-state index in [1.54, 1.807) is 0 Å². The van der Waals surface area contributed by atoms with Gasteiger partial charge in [0.1, 0.15) is 5.82 Å². The first kappa shape index (κ1) is 15.9. The summed E-state index contributed by atoms with van der Waals surface area (Å²) in [6.07, 6.45) is -0.220. The maximum Gasteiger partial charge on any atom is 0.243 e. The van der Waals surface area contributed by atoms with Crippen LogP contribution in [0.2, 0.25) is 0 Å². The molecule has 1 atom stereocenters. The van der Waals surface area contributed by atoms with Crippen molar-refractivity contribution in [1.29, 1.82) is 0 Å². The second-order valence-electron chi connectivity index (χ2n) is 5.41. The number of nitrogens with zero attached hydrogens (tertiary/aromatic N) is 1. The average molecular weight is 366 g/mol. The van der Waals surface area contributed by atoms with Crippen molar-refractivity contribution in [2.75, 3.05) is 18.4 Å². The van der Waals surface area contributed by atoms with E-state index in [0.717, 1.165) is 6.07 Å². The fourth-order valence-corrected chi connectivity index (χ4v) is 4.27. The molecule has 0 bridgehead atoms. The standard InChI is InChI=1S/C13H17BrFNO3S/c1-13(2)9-16(8-11(7-14)19-13)20(17,18)12-5-3-4-10(15)6-12/h3-6,11H,7-9H2,1-2H3. The Labute approximate surface area is 127 Å². The van der Waals surface area contributed by atoms with Crippen molar-refractivity contribution < 1.29 is 17.5 Å². The Morgan fingerprint density at radius 2 is 2.20 bits per heavy atom. The normalized spacial score (nSPS) is 23.7. The first-order valence-electron chi connectivity index (χ1n) is 6.24. The largest absolute Gasteiger partial charge is 0.369 e. The molecule has 2 rings (SSSR count). The fourth-order valence-electron chi connectivity index (χ4n) is 2.28. The minimum Gasteiger partial charge on any atom is -0.369 e. The molecule has 0 N–H and O–H groups in total. The zero-order valence-electron chi connectivity index (χ0n) is 11.3. The lowest BCUT2D eigenvalue weighted by Gasteiger charge is -2.41. The second-order valence-corrected chi connectivity index (χ2v) is 7.99. The number of ether oxygens (including phenoxy) is 1. The van der Waals surface area contributed by atoms with E-state index in [9.17, 15) is 12.8 Å². The molecule has 1 unspecified atom stereocenters. The van der Waals surface area contributed by atoms with Crippen LogP contribution in [0.25, 0.3) is 0 Å². The molecule has 0 saturated carbocycles. The third-order valence-corrected chi connectivity index (χ3v) is 5.59. The van der Waals surface area contributed by atoms with E-state index in [-0.39, 0.29) is 24.1 Å². The molecule has 4 nitrogen and oxygen atoms in total. The first-order valence-corrected chi connectivity index (χ1v) is 8.80. The SMILES string of the molecule is CC1(C)CN(S(=O)(=O)c2cccc(F)c2)CC(CBr)O1. The van der Waals surface area contributed by atoms with Crippen LogP contribution >= 0.6 is 15.9 Å². The fraction of sp³-hybridized carbons (Fsp3) is 0.538. The van der Waals surface area contributed by atoms with Gasteiger partial charge in [-0.05, 0) is 32.0 Å². The number of halogens is 2. The van der Waals surface area contributed by atoms with Gasteiger partial charge in [-0.1, -0.05) is 22.0 Å². The molecule has 1 aliphatic rings. The molecule has 7 heteroatoms. The van der Waals surface area contributed by atoms with Gasteiger partial charge in [-0.25, -0.2) is 12.8 Å². The maximum absolute atomic E-state index is 13.2. The highest BCUT2D eigenvalue weighted by Crippen LogP contribution is 2.27. The molecule has 20 heavy (non-hydrogen) atoms. The van der Waals surface area contributed by atoms with Crippen LogP contribution in [0.15, 0.2) is 29.2 Å². The Morgan fingerprint density at radius 1 is 1.50 bits per heavy atom. The summed E-state index contributed by atoms with van der Waals surface area (Å²) >= 11 is 3.32. The van der Waals surface area contributed by atoms with E-state index in [2.05, 4.69) is 15.9 Å². The summed E-state index contributed by atoms with van der Waals surface area (Å²) in [7, 11) is -3.71. The highest BCUT2D eigenvalue weighted by Gasteiger charge is 2.39. The summed E-state index contributed by atoms with van der Waals surface area (Å²) in [5, 5.41) is 0.547. The highest BCUT2D eigenvalue weighted by molar-refractivity contribution is 9.09. The van der Waals surface area contributed by atoms with Gasteiger partial charge in [0.15, 0.2) is 0 Å². The molecule has 1 aliphatic heterocycles. The smallest absolute Gasteiger partial charge is 0.243 e. The third-order valence-electron chi connectivity index (χ3n) is 3.06. The van der Waals surface area contributed by atoms with Crippen LogP contribution in [-0.2, 0) is 14.8 Å². The molecular formula is C13H17BrFNO3S. The van der Waals surface area contributed by atoms with Gasteiger partial charge < -0.3 is 4.74 Å². The molecule has 112 valence electrons. The monoisotopic (exact) mass is 365 g/mol. The van der Waals surface area contributed by atoms with Crippen LogP contribution in [0.5, 0.6) is 0 Å². The number of morpholine rings is 1. The molecule has 1 aromatic rings. The minimum atomic E-state index is -3.71.